The molecule has 0 aliphatic rings. The fourth-order valence-electron chi connectivity index (χ4n) is 3.49. The Morgan fingerprint density at radius 3 is 1.80 bits per heavy atom. The van der Waals surface area contributed by atoms with Crippen molar-refractivity contribution in [3.05, 3.63) is 35.9 Å². The van der Waals surface area contributed by atoms with Crippen molar-refractivity contribution >= 4 is 48.2 Å². The fourth-order valence-corrected chi connectivity index (χ4v) is 3.75. The van der Waals surface area contributed by atoms with Gasteiger partial charge in [0.05, 0.1) is 6.04 Å². The Balaban J connectivity index is 2.92. The number of nitrogens with two attached hydrogens (primary N) is 5. The van der Waals surface area contributed by atoms with Crippen molar-refractivity contribution in [2.45, 2.75) is 56.3 Å². The van der Waals surface area contributed by atoms with E-state index in [1.807, 2.05) is 0 Å². The molecule has 222 valence electrons. The van der Waals surface area contributed by atoms with Gasteiger partial charge in [-0.25, -0.2) is 4.79 Å². The van der Waals surface area contributed by atoms with Gasteiger partial charge in [-0.3, -0.25) is 24.4 Å². The van der Waals surface area contributed by atoms with E-state index in [2.05, 4.69) is 38.6 Å². The zero-order valence-electron chi connectivity index (χ0n) is 22.2. The van der Waals surface area contributed by atoms with Gasteiger partial charge in [-0.2, -0.15) is 12.6 Å². The van der Waals surface area contributed by atoms with Crippen LogP contribution in [0.2, 0.25) is 0 Å². The molecular weight excluding hydrogens is 540 g/mol. The lowest BCUT2D eigenvalue weighted by atomic mass is 10.0. The quantitative estimate of drug-likeness (QED) is 0.0366. The number of benzene rings is 1. The molecule has 0 spiro atoms. The Morgan fingerprint density at radius 1 is 0.775 bits per heavy atom. The van der Waals surface area contributed by atoms with Gasteiger partial charge in [-0.15, -0.1) is 0 Å². The van der Waals surface area contributed by atoms with Crippen LogP contribution in [-0.4, -0.2) is 83.7 Å². The van der Waals surface area contributed by atoms with Crippen LogP contribution in [0.15, 0.2) is 40.3 Å². The molecule has 0 heterocycles. The highest BCUT2D eigenvalue weighted by atomic mass is 32.1. The first-order chi connectivity index (χ1) is 18.9. The van der Waals surface area contributed by atoms with Crippen molar-refractivity contribution in [2.75, 3.05) is 18.8 Å². The molecule has 1 aromatic carbocycles. The lowest BCUT2D eigenvalue weighted by Crippen LogP contribution is -2.58. The molecule has 3 amide bonds. The monoisotopic (exact) mass is 580 g/mol. The Morgan fingerprint density at radius 2 is 1.27 bits per heavy atom. The molecule has 0 fully saturated rings. The molecule has 0 bridgehead atoms. The van der Waals surface area contributed by atoms with Crippen molar-refractivity contribution in [1.29, 1.82) is 0 Å². The normalized spacial score (nSPS) is 13.6. The molecule has 15 nitrogen and oxygen atoms in total. The van der Waals surface area contributed by atoms with Crippen molar-refractivity contribution < 1.29 is 24.3 Å². The van der Waals surface area contributed by atoms with E-state index in [1.54, 1.807) is 30.3 Å². The maximum atomic E-state index is 13.2. The number of carboxylic acid groups (broad SMARTS) is 1. The predicted octanol–water partition coefficient (Wildman–Crippen LogP) is -2.87. The Labute approximate surface area is 238 Å². The van der Waals surface area contributed by atoms with Gasteiger partial charge in [-0.05, 0) is 31.2 Å². The number of aliphatic carboxylic acids is 1. The van der Waals surface area contributed by atoms with Crippen LogP contribution >= 0.6 is 12.6 Å². The summed E-state index contributed by atoms with van der Waals surface area (Å²) in [7, 11) is 0. The minimum absolute atomic E-state index is 0.0558. The van der Waals surface area contributed by atoms with Crippen LogP contribution in [0.3, 0.4) is 0 Å². The summed E-state index contributed by atoms with van der Waals surface area (Å²) < 4.78 is 0. The van der Waals surface area contributed by atoms with E-state index in [-0.39, 0.29) is 43.5 Å². The maximum absolute atomic E-state index is 13.2. The number of carbonyl (C=O) groups is 4. The molecule has 4 unspecified atom stereocenters. The second-order valence-electron chi connectivity index (χ2n) is 8.90. The highest BCUT2D eigenvalue weighted by Gasteiger charge is 2.30. The van der Waals surface area contributed by atoms with Gasteiger partial charge in [-0.1, -0.05) is 30.3 Å². The molecule has 0 aromatic heterocycles. The Kier molecular flexibility index (Phi) is 15.5. The largest absolute Gasteiger partial charge is 0.480 e. The first-order valence-electron chi connectivity index (χ1n) is 12.6. The van der Waals surface area contributed by atoms with Crippen LogP contribution < -0.4 is 44.6 Å². The molecule has 0 aliphatic heterocycles. The number of carboxylic acids is 1. The Hall–Kier alpha value is -4.05. The van der Waals surface area contributed by atoms with E-state index in [0.29, 0.717) is 19.4 Å². The summed E-state index contributed by atoms with van der Waals surface area (Å²) in [6, 6.07) is 4.41. The van der Waals surface area contributed by atoms with E-state index in [4.69, 9.17) is 28.7 Å². The third-order valence-corrected chi connectivity index (χ3v) is 5.96. The Bertz CT molecular complexity index is 1030. The topological polar surface area (TPSA) is 279 Å². The van der Waals surface area contributed by atoms with Gasteiger partial charge in [0.1, 0.15) is 18.1 Å². The summed E-state index contributed by atoms with van der Waals surface area (Å²) in [6.07, 6.45) is 1.13. The third kappa shape index (κ3) is 13.7. The number of nitrogens with one attached hydrogen (secondary N) is 3. The SMILES string of the molecule is NC(N)=NCCCC(N)C(=O)NC(CS)C(=O)NC(Cc1ccccc1)C(=O)NC(CCCN=C(N)N)C(=O)O. The van der Waals surface area contributed by atoms with Crippen LogP contribution in [0.1, 0.15) is 31.2 Å². The number of aliphatic imine (C=N–C) groups is 2. The van der Waals surface area contributed by atoms with Crippen molar-refractivity contribution in [2.24, 2.45) is 38.7 Å². The molecule has 0 saturated heterocycles. The molecule has 16 heteroatoms. The first-order valence-corrected chi connectivity index (χ1v) is 13.2. The van der Waals surface area contributed by atoms with Crippen molar-refractivity contribution in [3.63, 3.8) is 0 Å². The van der Waals surface area contributed by atoms with Crippen LogP contribution in [0.4, 0.5) is 0 Å². The zero-order chi connectivity index (χ0) is 30.1. The molecular formula is C24H40N10O5S. The number of guanidine groups is 2. The van der Waals surface area contributed by atoms with Gasteiger partial charge in [0.2, 0.25) is 17.7 Å². The average Bonchev–Trinajstić information content (AvgIpc) is 2.90. The third-order valence-electron chi connectivity index (χ3n) is 5.60. The van der Waals surface area contributed by atoms with Gasteiger partial charge in [0, 0.05) is 25.3 Å². The second kappa shape index (κ2) is 18.3. The summed E-state index contributed by atoms with van der Waals surface area (Å²) in [5.41, 5.74) is 27.7. The number of thiol groups is 1. The number of amides is 3. The summed E-state index contributed by atoms with van der Waals surface area (Å²) in [6.45, 7) is 0.480. The number of hydrogen-bond donors (Lipinski definition) is 10. The van der Waals surface area contributed by atoms with Crippen LogP contribution in [0.25, 0.3) is 0 Å². The molecule has 0 saturated carbocycles. The lowest BCUT2D eigenvalue weighted by molar-refractivity contribution is -0.142. The van der Waals surface area contributed by atoms with E-state index in [0.717, 1.165) is 5.56 Å². The van der Waals surface area contributed by atoms with Gasteiger partial charge in [0.15, 0.2) is 11.9 Å². The molecule has 14 N–H and O–H groups in total. The second-order valence-corrected chi connectivity index (χ2v) is 9.26. The molecule has 4 atom stereocenters. The van der Waals surface area contributed by atoms with Gasteiger partial charge in [0.25, 0.3) is 0 Å². The molecule has 1 aromatic rings. The summed E-state index contributed by atoms with van der Waals surface area (Å²) in [4.78, 5) is 58.2. The number of carbonyl (C=O) groups excluding carboxylic acids is 3. The standard InChI is InChI=1S/C24H40N10O5S/c25-15(8-4-10-30-23(26)27)19(35)34-18(13-40)21(37)33-17(12-14-6-2-1-3-7-14)20(36)32-16(22(38)39)9-5-11-31-24(28)29/h1-3,6-7,15-18,40H,4-5,8-13,25H2,(H,32,36)(H,33,37)(H,34,35)(H,38,39)(H4,26,27,30)(H4,28,29,31). The van der Waals surface area contributed by atoms with E-state index >= 15 is 0 Å². The number of nitrogens with zero attached hydrogens (tertiary/aromatic N) is 2. The average molecular weight is 581 g/mol. The molecule has 40 heavy (non-hydrogen) atoms. The zero-order valence-corrected chi connectivity index (χ0v) is 23.1. The van der Waals surface area contributed by atoms with E-state index in [9.17, 15) is 24.3 Å². The minimum Gasteiger partial charge on any atom is -0.480 e. The lowest BCUT2D eigenvalue weighted by Gasteiger charge is -2.24. The molecule has 0 radical (unpaired) electrons. The molecule has 1 rings (SSSR count). The minimum atomic E-state index is -1.25. The van der Waals surface area contributed by atoms with Crippen molar-refractivity contribution in [3.8, 4) is 0 Å². The van der Waals surface area contributed by atoms with Crippen LogP contribution in [0.5, 0.6) is 0 Å². The predicted molar refractivity (Wildman–Crippen MR) is 155 cm³/mol. The molecule has 0 aliphatic carbocycles. The summed E-state index contributed by atoms with van der Waals surface area (Å²) >= 11 is 4.16. The number of rotatable bonds is 18. The van der Waals surface area contributed by atoms with Crippen molar-refractivity contribution in [1.82, 2.24) is 16.0 Å². The maximum Gasteiger partial charge on any atom is 0.326 e. The first kappa shape index (κ1) is 34.0. The van der Waals surface area contributed by atoms with E-state index in [1.165, 1.54) is 0 Å². The van der Waals surface area contributed by atoms with Gasteiger partial charge < -0.3 is 49.7 Å². The van der Waals surface area contributed by atoms with Crippen LogP contribution in [0, 0.1) is 0 Å². The van der Waals surface area contributed by atoms with E-state index < -0.39 is 47.9 Å². The summed E-state index contributed by atoms with van der Waals surface area (Å²) in [5.74, 6) is -3.52. The fraction of sp³-hybridized carbons (Fsp3) is 0.500. The smallest absolute Gasteiger partial charge is 0.326 e. The summed E-state index contributed by atoms with van der Waals surface area (Å²) in [5, 5.41) is 17.2. The highest BCUT2D eigenvalue weighted by Crippen LogP contribution is 2.07. The number of hydrogen-bond acceptors (Lipinski definition) is 8. The highest BCUT2D eigenvalue weighted by molar-refractivity contribution is 7.80. The van der Waals surface area contributed by atoms with Gasteiger partial charge >= 0.3 is 5.97 Å². The van der Waals surface area contributed by atoms with Crippen LogP contribution in [-0.2, 0) is 25.6 Å².